The lowest BCUT2D eigenvalue weighted by atomic mass is 9.92. The molecule has 0 aliphatic rings. The molecule has 0 aliphatic carbocycles. The van der Waals surface area contributed by atoms with E-state index in [1.165, 1.54) is 24.3 Å². The monoisotopic (exact) mass is 314 g/mol. The quantitative estimate of drug-likeness (QED) is 0.627. The number of aryl methyl sites for hydroxylation is 1. The maximum Gasteiger partial charge on any atom is 0.395 e. The first-order valence-corrected chi connectivity index (χ1v) is 6.93. The molecule has 0 amide bonds. The van der Waals surface area contributed by atoms with E-state index in [9.17, 15) is 22.0 Å². The minimum atomic E-state index is -4.37. The van der Waals surface area contributed by atoms with Crippen molar-refractivity contribution in [3.05, 3.63) is 71.3 Å². The van der Waals surface area contributed by atoms with Gasteiger partial charge in [-0.25, -0.2) is 8.78 Å². The third kappa shape index (κ3) is 4.55. The predicted octanol–water partition coefficient (Wildman–Crippen LogP) is 5.63. The molecule has 0 aliphatic heterocycles. The van der Waals surface area contributed by atoms with Crippen LogP contribution in [0, 0.1) is 11.6 Å². The van der Waals surface area contributed by atoms with Crippen LogP contribution in [0.5, 0.6) is 0 Å². The summed E-state index contributed by atoms with van der Waals surface area (Å²) < 4.78 is 65.0. The molecule has 1 atom stereocenters. The second kappa shape index (κ2) is 6.90. The van der Waals surface area contributed by atoms with Crippen LogP contribution in [-0.2, 0) is 6.42 Å². The molecular weight excluding hydrogens is 299 g/mol. The number of rotatable bonds is 5. The van der Waals surface area contributed by atoms with Gasteiger partial charge in [0.2, 0.25) is 0 Å². The highest BCUT2D eigenvalue weighted by Crippen LogP contribution is 2.38. The zero-order valence-electron chi connectivity index (χ0n) is 11.7. The molecule has 1 unspecified atom stereocenters. The first kappa shape index (κ1) is 16.5. The largest absolute Gasteiger partial charge is 0.395 e. The van der Waals surface area contributed by atoms with Gasteiger partial charge in [-0.05, 0) is 54.7 Å². The smallest absolute Gasteiger partial charge is 0.207 e. The SMILES string of the molecule is Fc1ccc(CCCC(c2ccc(F)cc2)C(F)(F)F)cc1. The van der Waals surface area contributed by atoms with E-state index in [4.69, 9.17) is 0 Å². The Hall–Kier alpha value is -1.91. The fraction of sp³-hybridized carbons (Fsp3) is 0.294. The molecule has 0 radical (unpaired) electrons. The summed E-state index contributed by atoms with van der Waals surface area (Å²) in [5.41, 5.74) is 0.856. The van der Waals surface area contributed by atoms with Crippen LogP contribution in [0.3, 0.4) is 0 Å². The maximum atomic E-state index is 13.1. The summed E-state index contributed by atoms with van der Waals surface area (Å²) in [6.45, 7) is 0. The Bertz CT molecular complexity index is 584. The van der Waals surface area contributed by atoms with Gasteiger partial charge in [0.15, 0.2) is 0 Å². The predicted molar refractivity (Wildman–Crippen MR) is 74.5 cm³/mol. The average molecular weight is 314 g/mol. The van der Waals surface area contributed by atoms with Crippen molar-refractivity contribution in [1.29, 1.82) is 0 Å². The minimum absolute atomic E-state index is 0.0630. The molecule has 0 fully saturated rings. The number of halogens is 5. The van der Waals surface area contributed by atoms with Crippen LogP contribution in [-0.4, -0.2) is 6.18 Å². The summed E-state index contributed by atoms with van der Waals surface area (Å²) in [5.74, 6) is -2.55. The molecule has 0 bridgehead atoms. The molecule has 0 N–H and O–H groups in total. The first-order chi connectivity index (χ1) is 10.4. The van der Waals surface area contributed by atoms with Gasteiger partial charge in [0, 0.05) is 0 Å². The van der Waals surface area contributed by atoms with Gasteiger partial charge in [-0.2, -0.15) is 13.2 Å². The number of hydrogen-bond acceptors (Lipinski definition) is 0. The van der Waals surface area contributed by atoms with Crippen molar-refractivity contribution in [3.63, 3.8) is 0 Å². The summed E-state index contributed by atoms with van der Waals surface area (Å²) in [6.07, 6.45) is -3.71. The van der Waals surface area contributed by atoms with Gasteiger partial charge in [-0.1, -0.05) is 24.3 Å². The standard InChI is InChI=1S/C17H15F5/c18-14-8-4-12(5-9-14)2-1-3-16(17(20,21)22)13-6-10-15(19)11-7-13/h4-11,16H,1-3H2. The molecule has 5 heteroatoms. The normalized spacial score (nSPS) is 13.1. The van der Waals surface area contributed by atoms with E-state index in [0.717, 1.165) is 17.7 Å². The molecule has 2 aromatic carbocycles. The highest BCUT2D eigenvalue weighted by molar-refractivity contribution is 5.22. The summed E-state index contributed by atoms with van der Waals surface area (Å²) in [4.78, 5) is 0. The van der Waals surface area contributed by atoms with Crippen LogP contribution < -0.4 is 0 Å². The summed E-state index contributed by atoms with van der Waals surface area (Å²) in [6, 6.07) is 10.1. The third-order valence-electron chi connectivity index (χ3n) is 3.54. The van der Waals surface area contributed by atoms with E-state index >= 15 is 0 Å². The topological polar surface area (TPSA) is 0 Å². The fourth-order valence-corrected chi connectivity index (χ4v) is 2.38. The lowest BCUT2D eigenvalue weighted by Gasteiger charge is -2.20. The zero-order valence-corrected chi connectivity index (χ0v) is 11.7. The average Bonchev–Trinajstić information content (AvgIpc) is 2.46. The lowest BCUT2D eigenvalue weighted by Crippen LogP contribution is -2.21. The van der Waals surface area contributed by atoms with E-state index in [2.05, 4.69) is 0 Å². The Morgan fingerprint density at radius 1 is 0.773 bits per heavy atom. The molecule has 22 heavy (non-hydrogen) atoms. The first-order valence-electron chi connectivity index (χ1n) is 6.93. The molecule has 118 valence electrons. The number of hydrogen-bond donors (Lipinski definition) is 0. The molecule has 2 aromatic rings. The van der Waals surface area contributed by atoms with Crippen LogP contribution >= 0.6 is 0 Å². The molecular formula is C17H15F5. The Morgan fingerprint density at radius 2 is 1.27 bits per heavy atom. The molecule has 0 heterocycles. The summed E-state index contributed by atoms with van der Waals surface area (Å²) in [7, 11) is 0. The summed E-state index contributed by atoms with van der Waals surface area (Å²) >= 11 is 0. The van der Waals surface area contributed by atoms with Gasteiger partial charge >= 0.3 is 6.18 Å². The Morgan fingerprint density at radius 3 is 1.77 bits per heavy atom. The van der Waals surface area contributed by atoms with E-state index in [-0.39, 0.29) is 17.8 Å². The maximum absolute atomic E-state index is 13.1. The van der Waals surface area contributed by atoms with Gasteiger partial charge in [-0.3, -0.25) is 0 Å². The molecule has 0 aromatic heterocycles. The third-order valence-corrected chi connectivity index (χ3v) is 3.54. The van der Waals surface area contributed by atoms with Crippen LogP contribution in [0.15, 0.2) is 48.5 Å². The molecule has 2 rings (SSSR count). The van der Waals surface area contributed by atoms with Crippen molar-refractivity contribution in [1.82, 2.24) is 0 Å². The Labute approximate surface area is 125 Å². The zero-order chi connectivity index (χ0) is 16.2. The number of benzene rings is 2. The Balaban J connectivity index is 2.01. The highest BCUT2D eigenvalue weighted by Gasteiger charge is 2.39. The van der Waals surface area contributed by atoms with Crippen molar-refractivity contribution in [2.75, 3.05) is 0 Å². The van der Waals surface area contributed by atoms with Crippen molar-refractivity contribution in [2.24, 2.45) is 0 Å². The lowest BCUT2D eigenvalue weighted by molar-refractivity contribution is -0.152. The molecule has 0 nitrogen and oxygen atoms in total. The van der Waals surface area contributed by atoms with Crippen molar-refractivity contribution >= 4 is 0 Å². The van der Waals surface area contributed by atoms with Crippen LogP contribution in [0.1, 0.15) is 29.9 Å². The summed E-state index contributed by atoms with van der Waals surface area (Å²) in [5, 5.41) is 0. The minimum Gasteiger partial charge on any atom is -0.207 e. The van der Waals surface area contributed by atoms with Gasteiger partial charge < -0.3 is 0 Å². The van der Waals surface area contributed by atoms with Crippen LogP contribution in [0.2, 0.25) is 0 Å². The van der Waals surface area contributed by atoms with Crippen LogP contribution in [0.4, 0.5) is 22.0 Å². The molecule has 0 spiro atoms. The Kier molecular flexibility index (Phi) is 5.16. The van der Waals surface area contributed by atoms with Gasteiger partial charge in [0.25, 0.3) is 0 Å². The van der Waals surface area contributed by atoms with Gasteiger partial charge in [0.05, 0.1) is 5.92 Å². The highest BCUT2D eigenvalue weighted by atomic mass is 19.4. The van der Waals surface area contributed by atoms with Crippen molar-refractivity contribution in [2.45, 2.75) is 31.4 Å². The van der Waals surface area contributed by atoms with E-state index in [0.29, 0.717) is 12.8 Å². The van der Waals surface area contributed by atoms with Gasteiger partial charge in [-0.15, -0.1) is 0 Å². The second-order valence-corrected chi connectivity index (χ2v) is 5.16. The van der Waals surface area contributed by atoms with Crippen LogP contribution in [0.25, 0.3) is 0 Å². The van der Waals surface area contributed by atoms with E-state index in [1.807, 2.05) is 0 Å². The second-order valence-electron chi connectivity index (χ2n) is 5.16. The molecule has 0 saturated carbocycles. The van der Waals surface area contributed by atoms with Crippen molar-refractivity contribution in [3.8, 4) is 0 Å². The fourth-order valence-electron chi connectivity index (χ4n) is 2.38. The van der Waals surface area contributed by atoms with E-state index < -0.39 is 17.9 Å². The number of alkyl halides is 3. The van der Waals surface area contributed by atoms with E-state index in [1.54, 1.807) is 12.1 Å². The molecule has 0 saturated heterocycles. The van der Waals surface area contributed by atoms with Gasteiger partial charge in [0.1, 0.15) is 11.6 Å². The van der Waals surface area contributed by atoms with Crippen molar-refractivity contribution < 1.29 is 22.0 Å².